The van der Waals surface area contributed by atoms with Crippen LogP contribution in [0.25, 0.3) is 0 Å². The fraction of sp³-hybridized carbons (Fsp3) is 0.154. The number of hydrazine groups is 1. The number of anilines is 5. The molecule has 0 bridgehead atoms. The van der Waals surface area contributed by atoms with Crippen LogP contribution < -0.4 is 20.2 Å². The molecule has 35 heavy (non-hydrogen) atoms. The Labute approximate surface area is 203 Å². The minimum absolute atomic E-state index is 0.137. The molecule has 1 aliphatic rings. The molecule has 1 aliphatic heterocycles. The van der Waals surface area contributed by atoms with Crippen LogP contribution in [0.3, 0.4) is 0 Å². The summed E-state index contributed by atoms with van der Waals surface area (Å²) in [7, 11) is 0. The summed E-state index contributed by atoms with van der Waals surface area (Å²) < 4.78 is 0. The van der Waals surface area contributed by atoms with Gasteiger partial charge in [0.05, 0.1) is 16.3 Å². The first-order chi connectivity index (χ1) is 17.2. The minimum atomic E-state index is -0.407. The molecule has 1 saturated heterocycles. The van der Waals surface area contributed by atoms with E-state index in [0.29, 0.717) is 18.9 Å². The number of hydrogen-bond acceptors (Lipinski definition) is 8. The third kappa shape index (κ3) is 4.84. The maximum atomic E-state index is 12.3. The summed E-state index contributed by atoms with van der Waals surface area (Å²) in [4.78, 5) is 24.7. The first-order valence-corrected chi connectivity index (χ1v) is 11.4. The quantitative estimate of drug-likeness (QED) is 0.304. The molecule has 0 unspecified atom stereocenters. The molecule has 1 fully saturated rings. The highest BCUT2D eigenvalue weighted by atomic mass is 16.6. The Kier molecular flexibility index (Phi) is 6.38. The summed E-state index contributed by atoms with van der Waals surface area (Å²) in [6.07, 6.45) is 1.38. The lowest BCUT2D eigenvalue weighted by Crippen LogP contribution is -2.47. The highest BCUT2D eigenvalue weighted by molar-refractivity contribution is 5.75. The zero-order valence-electron chi connectivity index (χ0n) is 19.1. The third-order valence-corrected chi connectivity index (χ3v) is 5.93. The van der Waals surface area contributed by atoms with E-state index < -0.39 is 4.92 Å². The SMILES string of the molecule is O=[N+]([O-])c1c(NN(c2ccccc2)c2ccccc2)ncnc1N1CCN(c2ccccc2)CC1. The van der Waals surface area contributed by atoms with E-state index in [1.165, 1.54) is 6.33 Å². The molecule has 2 heterocycles. The lowest BCUT2D eigenvalue weighted by molar-refractivity contribution is -0.383. The summed E-state index contributed by atoms with van der Waals surface area (Å²) in [5.41, 5.74) is 5.83. The number of aromatic nitrogens is 2. The molecular formula is C26H25N7O2. The van der Waals surface area contributed by atoms with Crippen LogP contribution in [0.4, 0.5) is 34.4 Å². The molecule has 176 valence electrons. The Bertz CT molecular complexity index is 1230. The molecule has 1 aromatic heterocycles. The van der Waals surface area contributed by atoms with Gasteiger partial charge in [-0.15, -0.1) is 0 Å². The average Bonchev–Trinajstić information content (AvgIpc) is 2.93. The minimum Gasteiger partial charge on any atom is -0.368 e. The van der Waals surface area contributed by atoms with E-state index in [1.807, 2.05) is 83.8 Å². The molecule has 0 radical (unpaired) electrons. The Morgan fingerprint density at radius 1 is 0.743 bits per heavy atom. The normalized spacial score (nSPS) is 13.4. The van der Waals surface area contributed by atoms with Crippen LogP contribution in [-0.2, 0) is 0 Å². The van der Waals surface area contributed by atoms with Gasteiger partial charge in [0.15, 0.2) is 0 Å². The van der Waals surface area contributed by atoms with Crippen molar-refractivity contribution >= 4 is 34.4 Å². The molecule has 0 aliphatic carbocycles. The van der Waals surface area contributed by atoms with Gasteiger partial charge in [0, 0.05) is 31.9 Å². The number of rotatable bonds is 7. The van der Waals surface area contributed by atoms with Crippen molar-refractivity contribution in [2.45, 2.75) is 0 Å². The second-order valence-corrected chi connectivity index (χ2v) is 8.08. The van der Waals surface area contributed by atoms with Crippen molar-refractivity contribution in [3.8, 4) is 0 Å². The standard InChI is InChI=1S/C26H25N7O2/c34-33(35)24-25(29-32(22-12-6-2-7-13-22)23-14-8-3-9-15-23)27-20-28-26(24)31-18-16-30(17-19-31)21-10-4-1-5-11-21/h1-15,20H,16-19H2,(H,27,28,29). The number of para-hydroxylation sites is 3. The van der Waals surface area contributed by atoms with E-state index in [2.05, 4.69) is 32.4 Å². The van der Waals surface area contributed by atoms with Crippen LogP contribution in [0.2, 0.25) is 0 Å². The van der Waals surface area contributed by atoms with Crippen molar-refractivity contribution in [1.29, 1.82) is 0 Å². The van der Waals surface area contributed by atoms with Crippen molar-refractivity contribution in [2.24, 2.45) is 0 Å². The van der Waals surface area contributed by atoms with Gasteiger partial charge in [-0.2, -0.15) is 0 Å². The lowest BCUT2D eigenvalue weighted by atomic mass is 10.2. The zero-order valence-corrected chi connectivity index (χ0v) is 19.1. The Balaban J connectivity index is 1.44. The first-order valence-electron chi connectivity index (χ1n) is 11.4. The first kappa shape index (κ1) is 22.1. The van der Waals surface area contributed by atoms with E-state index >= 15 is 0 Å². The summed E-state index contributed by atoms with van der Waals surface area (Å²) >= 11 is 0. The van der Waals surface area contributed by atoms with E-state index in [-0.39, 0.29) is 11.5 Å². The Hall–Kier alpha value is -4.66. The lowest BCUT2D eigenvalue weighted by Gasteiger charge is -2.36. The molecule has 0 saturated carbocycles. The highest BCUT2D eigenvalue weighted by Gasteiger charge is 2.30. The highest BCUT2D eigenvalue weighted by Crippen LogP contribution is 2.35. The fourth-order valence-electron chi connectivity index (χ4n) is 4.20. The van der Waals surface area contributed by atoms with Crippen LogP contribution in [0.5, 0.6) is 0 Å². The molecule has 0 amide bonds. The largest absolute Gasteiger partial charge is 0.368 e. The Morgan fingerprint density at radius 2 is 1.26 bits per heavy atom. The van der Waals surface area contributed by atoms with E-state index in [4.69, 9.17) is 0 Å². The van der Waals surface area contributed by atoms with Crippen molar-refractivity contribution in [2.75, 3.05) is 46.4 Å². The average molecular weight is 468 g/mol. The number of piperazine rings is 1. The van der Waals surface area contributed by atoms with Gasteiger partial charge in [-0.05, 0) is 36.4 Å². The predicted molar refractivity (Wildman–Crippen MR) is 138 cm³/mol. The number of benzene rings is 3. The van der Waals surface area contributed by atoms with Crippen molar-refractivity contribution in [3.63, 3.8) is 0 Å². The van der Waals surface area contributed by atoms with Gasteiger partial charge in [0.25, 0.3) is 0 Å². The summed E-state index contributed by atoms with van der Waals surface area (Å²) in [5.74, 6) is 0.458. The van der Waals surface area contributed by atoms with Crippen LogP contribution in [0.1, 0.15) is 0 Å². The second-order valence-electron chi connectivity index (χ2n) is 8.08. The fourth-order valence-corrected chi connectivity index (χ4v) is 4.20. The van der Waals surface area contributed by atoms with Crippen LogP contribution in [-0.4, -0.2) is 41.1 Å². The topological polar surface area (TPSA) is 90.7 Å². The van der Waals surface area contributed by atoms with Gasteiger partial charge >= 0.3 is 5.69 Å². The molecule has 9 nitrogen and oxygen atoms in total. The molecule has 9 heteroatoms. The molecule has 1 N–H and O–H groups in total. The third-order valence-electron chi connectivity index (χ3n) is 5.93. The number of nitrogens with zero attached hydrogens (tertiary/aromatic N) is 6. The van der Waals surface area contributed by atoms with Gasteiger partial charge in [0.2, 0.25) is 11.6 Å². The van der Waals surface area contributed by atoms with E-state index in [1.54, 1.807) is 5.01 Å². The van der Waals surface area contributed by atoms with Gasteiger partial charge < -0.3 is 9.80 Å². The van der Waals surface area contributed by atoms with E-state index in [0.717, 1.165) is 30.2 Å². The molecule has 3 aromatic carbocycles. The maximum Gasteiger partial charge on any atom is 0.355 e. The molecule has 0 atom stereocenters. The van der Waals surface area contributed by atoms with E-state index in [9.17, 15) is 10.1 Å². The number of hydrogen-bond donors (Lipinski definition) is 1. The van der Waals surface area contributed by atoms with Gasteiger partial charge in [-0.3, -0.25) is 20.5 Å². The zero-order chi connectivity index (χ0) is 24.0. The maximum absolute atomic E-state index is 12.3. The van der Waals surface area contributed by atoms with Gasteiger partial charge in [-0.1, -0.05) is 54.6 Å². The van der Waals surface area contributed by atoms with Crippen molar-refractivity contribution in [1.82, 2.24) is 9.97 Å². The van der Waals surface area contributed by atoms with Gasteiger partial charge in [-0.25, -0.2) is 9.97 Å². The Morgan fingerprint density at radius 3 is 1.80 bits per heavy atom. The monoisotopic (exact) mass is 467 g/mol. The van der Waals surface area contributed by atoms with Crippen molar-refractivity contribution < 1.29 is 4.92 Å². The van der Waals surface area contributed by atoms with Gasteiger partial charge in [0.1, 0.15) is 6.33 Å². The predicted octanol–water partition coefficient (Wildman–Crippen LogP) is 4.88. The molecule has 5 rings (SSSR count). The molecule has 4 aromatic rings. The molecule has 0 spiro atoms. The smallest absolute Gasteiger partial charge is 0.355 e. The second kappa shape index (κ2) is 10.1. The summed E-state index contributed by atoms with van der Waals surface area (Å²) in [5, 5.41) is 14.0. The van der Waals surface area contributed by atoms with Crippen LogP contribution in [0, 0.1) is 10.1 Å². The number of nitro groups is 1. The molecular weight excluding hydrogens is 442 g/mol. The van der Waals surface area contributed by atoms with Crippen LogP contribution in [0.15, 0.2) is 97.3 Å². The summed E-state index contributed by atoms with van der Waals surface area (Å²) in [6.45, 7) is 2.72. The number of nitrogens with one attached hydrogen (secondary N) is 1. The van der Waals surface area contributed by atoms with Crippen molar-refractivity contribution in [3.05, 3.63) is 107 Å². The summed E-state index contributed by atoms with van der Waals surface area (Å²) in [6, 6.07) is 29.4. The van der Waals surface area contributed by atoms with Crippen LogP contribution >= 0.6 is 0 Å².